The zero-order valence-electron chi connectivity index (χ0n) is 29.4. The van der Waals surface area contributed by atoms with Gasteiger partial charge in [0.1, 0.15) is 11.6 Å². The number of nitrogen functional groups attached to an aromatic ring is 2. The van der Waals surface area contributed by atoms with Gasteiger partial charge in [0.2, 0.25) is 0 Å². The summed E-state index contributed by atoms with van der Waals surface area (Å²) in [6.45, 7) is 4.50. The summed E-state index contributed by atoms with van der Waals surface area (Å²) in [6, 6.07) is 4.49. The molecule has 2 fully saturated rings. The summed E-state index contributed by atoms with van der Waals surface area (Å²) >= 11 is 0. The normalized spacial score (nSPS) is 21.2. The Morgan fingerprint density at radius 1 is 0.804 bits per heavy atom. The van der Waals surface area contributed by atoms with Crippen molar-refractivity contribution in [3.05, 3.63) is 60.7 Å². The molecular formula is C34H46N16O. The van der Waals surface area contributed by atoms with E-state index < -0.39 is 0 Å². The molecule has 0 amide bonds. The molecule has 0 aromatic carbocycles. The number of anilines is 2. The summed E-state index contributed by atoms with van der Waals surface area (Å²) in [7, 11) is 5.77. The Hall–Kier alpha value is -5.39. The predicted octanol–water partition coefficient (Wildman–Crippen LogP) is 2.16. The van der Waals surface area contributed by atoms with E-state index >= 15 is 0 Å². The number of hydrogen-bond donors (Lipinski definition) is 6. The fourth-order valence-corrected chi connectivity index (χ4v) is 7.08. The molecule has 8 heterocycles. The highest BCUT2D eigenvalue weighted by atomic mass is 16.4. The summed E-state index contributed by atoms with van der Waals surface area (Å²) in [6.07, 6.45) is 15.2. The molecule has 8 N–H and O–H groups in total. The van der Waals surface area contributed by atoms with Gasteiger partial charge in [-0.2, -0.15) is 29.4 Å². The highest BCUT2D eigenvalue weighted by molar-refractivity contribution is 5.86. The first kappa shape index (κ1) is 34.1. The molecular weight excluding hydrogens is 648 g/mol. The van der Waals surface area contributed by atoms with Crippen LogP contribution in [0.1, 0.15) is 55.8 Å². The van der Waals surface area contributed by atoms with E-state index in [1.807, 2.05) is 65.0 Å². The first-order valence-electron chi connectivity index (χ1n) is 17.3. The van der Waals surface area contributed by atoms with Gasteiger partial charge in [0, 0.05) is 104 Å². The van der Waals surface area contributed by atoms with Gasteiger partial charge < -0.3 is 32.6 Å². The molecule has 8 rings (SSSR count). The fourth-order valence-electron chi connectivity index (χ4n) is 7.08. The van der Waals surface area contributed by atoms with Crippen LogP contribution in [0.15, 0.2) is 54.5 Å². The minimum absolute atomic E-state index is 0.109. The topological polar surface area (TPSA) is 217 Å². The molecule has 0 saturated carbocycles. The lowest BCUT2D eigenvalue weighted by Gasteiger charge is -2.29. The Balaban J connectivity index is 0.000000159. The number of oxime groups is 1. The minimum Gasteiger partial charge on any atom is -0.411 e. The molecule has 4 atom stereocenters. The third-order valence-electron chi connectivity index (χ3n) is 9.95. The molecule has 0 unspecified atom stereocenters. The van der Waals surface area contributed by atoms with Crippen LogP contribution in [0.3, 0.4) is 0 Å². The highest BCUT2D eigenvalue weighted by Crippen LogP contribution is 2.31. The van der Waals surface area contributed by atoms with Crippen LogP contribution in [0, 0.1) is 0 Å². The summed E-state index contributed by atoms with van der Waals surface area (Å²) < 4.78 is 6.89. The first-order chi connectivity index (χ1) is 24.7. The molecule has 6 aromatic rings. The predicted molar refractivity (Wildman–Crippen MR) is 196 cm³/mol. The zero-order chi connectivity index (χ0) is 35.6. The lowest BCUT2D eigenvalue weighted by molar-refractivity contribution is 0.311. The van der Waals surface area contributed by atoms with Crippen LogP contribution in [0.25, 0.3) is 33.5 Å². The van der Waals surface area contributed by atoms with E-state index in [0.717, 1.165) is 90.3 Å². The van der Waals surface area contributed by atoms with Crippen LogP contribution >= 0.6 is 0 Å². The van der Waals surface area contributed by atoms with Crippen molar-refractivity contribution in [2.24, 2.45) is 19.3 Å². The second-order valence-electron chi connectivity index (χ2n) is 13.5. The molecule has 2 aliphatic rings. The summed E-state index contributed by atoms with van der Waals surface area (Å²) in [4.78, 5) is 9.76. The van der Waals surface area contributed by atoms with Crippen molar-refractivity contribution >= 4 is 28.6 Å². The van der Waals surface area contributed by atoms with Gasteiger partial charge in [-0.1, -0.05) is 5.16 Å². The van der Waals surface area contributed by atoms with Crippen LogP contribution in [-0.2, 0) is 14.1 Å². The van der Waals surface area contributed by atoms with Gasteiger partial charge in [0.15, 0.2) is 11.3 Å². The third-order valence-corrected chi connectivity index (χ3v) is 9.95. The Kier molecular flexibility index (Phi) is 9.66. The number of nitrogens with one attached hydrogen (secondary N) is 3. The van der Waals surface area contributed by atoms with E-state index in [-0.39, 0.29) is 12.0 Å². The second-order valence-corrected chi connectivity index (χ2v) is 13.5. The fraction of sp³-hybridized carbons (Fsp3) is 0.441. The van der Waals surface area contributed by atoms with Gasteiger partial charge in [-0.05, 0) is 39.7 Å². The molecule has 268 valence electrons. The maximum absolute atomic E-state index is 8.94. The number of nitrogens with zero attached hydrogens (tertiary/aromatic N) is 11. The quantitative estimate of drug-likeness (QED) is 0.0805. The number of aryl methyl sites for hydroxylation is 2. The summed E-state index contributed by atoms with van der Waals surface area (Å²) in [5.41, 5.74) is 20.5. The lowest BCUT2D eigenvalue weighted by atomic mass is 9.90. The third kappa shape index (κ3) is 6.99. The van der Waals surface area contributed by atoms with Gasteiger partial charge in [-0.15, -0.1) is 0 Å². The van der Waals surface area contributed by atoms with Crippen molar-refractivity contribution in [2.75, 3.05) is 38.1 Å². The molecule has 17 nitrogen and oxygen atoms in total. The average molecular weight is 695 g/mol. The van der Waals surface area contributed by atoms with E-state index in [0.29, 0.717) is 29.3 Å². The van der Waals surface area contributed by atoms with Gasteiger partial charge >= 0.3 is 0 Å². The summed E-state index contributed by atoms with van der Waals surface area (Å²) in [5, 5.41) is 39.7. The van der Waals surface area contributed by atoms with E-state index in [9.17, 15) is 0 Å². The Bertz CT molecular complexity index is 2140. The number of fused-ring (bicyclic) bond motifs is 2. The molecule has 0 bridgehead atoms. The number of piperidine rings is 2. The second kappa shape index (κ2) is 14.5. The van der Waals surface area contributed by atoms with E-state index in [1.165, 1.54) is 0 Å². The van der Waals surface area contributed by atoms with Crippen LogP contribution < -0.4 is 27.4 Å². The van der Waals surface area contributed by atoms with Gasteiger partial charge in [0.25, 0.3) is 0 Å². The Morgan fingerprint density at radius 2 is 1.33 bits per heavy atom. The maximum Gasteiger partial charge on any atom is 0.165 e. The number of likely N-dealkylation sites (N-methyl/N-ethyl adjacent to an activating group) is 1. The zero-order valence-corrected chi connectivity index (χ0v) is 29.4. The lowest BCUT2D eigenvalue weighted by Crippen LogP contribution is -2.43. The maximum atomic E-state index is 8.94. The number of aromatic nitrogens is 10. The van der Waals surface area contributed by atoms with Crippen molar-refractivity contribution in [1.29, 1.82) is 0 Å². The smallest absolute Gasteiger partial charge is 0.165 e. The molecule has 51 heavy (non-hydrogen) atoms. The SMILES string of the molecule is C/C(=N\O)[C@@H]1CC[C@H](c2cc(N)n3ncc(-c4cnn(C)c4)c3n2)CN1.CNC[C@@H]1CC[C@H](c2cc(N)n3ncc(-c4cnn(C)c4)c3n2)CN1. The molecule has 0 radical (unpaired) electrons. The Morgan fingerprint density at radius 3 is 1.75 bits per heavy atom. The Labute approximate surface area is 295 Å². The number of hydrogen-bond acceptors (Lipinski definition) is 13. The van der Waals surface area contributed by atoms with Gasteiger partial charge in [0.05, 0.1) is 41.9 Å². The molecule has 0 spiro atoms. The van der Waals surface area contributed by atoms with E-state index in [2.05, 4.69) is 41.5 Å². The van der Waals surface area contributed by atoms with Crippen LogP contribution in [0.5, 0.6) is 0 Å². The average Bonchev–Trinajstić information content (AvgIpc) is 3.95. The minimum atomic E-state index is 0.109. The van der Waals surface area contributed by atoms with Gasteiger partial charge in [-0.25, -0.2) is 9.97 Å². The van der Waals surface area contributed by atoms with Crippen molar-refractivity contribution in [3.63, 3.8) is 0 Å². The monoisotopic (exact) mass is 694 g/mol. The molecule has 17 heteroatoms. The first-order valence-corrected chi connectivity index (χ1v) is 17.3. The largest absolute Gasteiger partial charge is 0.411 e. The van der Waals surface area contributed by atoms with Gasteiger partial charge in [-0.3, -0.25) is 9.36 Å². The van der Waals surface area contributed by atoms with Crippen LogP contribution in [0.4, 0.5) is 11.6 Å². The van der Waals surface area contributed by atoms with Crippen molar-refractivity contribution in [3.8, 4) is 22.3 Å². The van der Waals surface area contributed by atoms with E-state index in [1.54, 1.807) is 30.8 Å². The van der Waals surface area contributed by atoms with Crippen LogP contribution in [-0.4, -0.2) is 98.4 Å². The molecule has 2 aliphatic heterocycles. The van der Waals surface area contributed by atoms with Crippen molar-refractivity contribution in [1.82, 2.24) is 64.7 Å². The molecule has 2 saturated heterocycles. The molecule has 0 aliphatic carbocycles. The van der Waals surface area contributed by atoms with Crippen molar-refractivity contribution in [2.45, 2.75) is 56.5 Å². The summed E-state index contributed by atoms with van der Waals surface area (Å²) in [5.74, 6) is 1.81. The molecule has 6 aromatic heterocycles. The van der Waals surface area contributed by atoms with E-state index in [4.69, 9.17) is 26.6 Å². The van der Waals surface area contributed by atoms with Crippen molar-refractivity contribution < 1.29 is 5.21 Å². The highest BCUT2D eigenvalue weighted by Gasteiger charge is 2.27. The van der Waals surface area contributed by atoms with Crippen LogP contribution in [0.2, 0.25) is 0 Å². The standard InChI is InChI=1S/C17H22N8O.C17H24N8/c1-10(23-26)14-4-3-11(6-19-14)15-5-16(18)25-17(22-15)13(8-21-25)12-7-20-24(2)9-12;1-19-8-13-4-3-11(6-20-13)15-5-16(18)25-17(23-15)14(9-22-25)12-7-21-24(2)10-12/h5,7-9,11,14,19,26H,3-4,6,18H2,1-2H3;5,7,9-11,13,19-20H,3-4,6,8,18H2,1-2H3/b23-10+;/t11-,14-;11-,13-/m00/s1. The number of nitrogens with two attached hydrogens (primary N) is 2. The number of rotatable bonds is 7.